The van der Waals surface area contributed by atoms with Gasteiger partial charge in [0.25, 0.3) is 5.91 Å². The first-order valence-corrected chi connectivity index (χ1v) is 9.77. The maximum Gasteiger partial charge on any atom is 0.271 e. The molecule has 26 heavy (non-hydrogen) atoms. The van der Waals surface area contributed by atoms with Crippen molar-refractivity contribution in [3.05, 3.63) is 70.3 Å². The molecule has 2 aromatic heterocycles. The zero-order valence-electron chi connectivity index (χ0n) is 13.6. The van der Waals surface area contributed by atoms with E-state index in [0.717, 1.165) is 0 Å². The highest BCUT2D eigenvalue weighted by Crippen LogP contribution is 2.17. The van der Waals surface area contributed by atoms with Crippen molar-refractivity contribution in [2.45, 2.75) is 18.4 Å². The summed E-state index contributed by atoms with van der Waals surface area (Å²) in [6.45, 7) is 1.74. The molecule has 2 heterocycles. The van der Waals surface area contributed by atoms with Gasteiger partial charge in [0.15, 0.2) is 0 Å². The summed E-state index contributed by atoms with van der Waals surface area (Å²) in [6.07, 6.45) is 4.55. The van der Waals surface area contributed by atoms with Gasteiger partial charge in [0.05, 0.1) is 34.6 Å². The van der Waals surface area contributed by atoms with Crippen LogP contribution in [0.2, 0.25) is 0 Å². The minimum absolute atomic E-state index is 0.0125. The Kier molecular flexibility index (Phi) is 5.25. The van der Waals surface area contributed by atoms with Crippen LogP contribution < -0.4 is 10.1 Å². The molecule has 1 amide bonds. The molecule has 3 rings (SSSR count). The molecule has 3 aromatic rings. The van der Waals surface area contributed by atoms with Gasteiger partial charge >= 0.3 is 0 Å². The topological polar surface area (TPSA) is 106 Å². The van der Waals surface area contributed by atoms with Crippen LogP contribution in [-0.2, 0) is 16.6 Å². The molecule has 0 fully saturated rings. The lowest BCUT2D eigenvalue weighted by atomic mass is 10.1. The third-order valence-corrected chi connectivity index (χ3v) is 5.36. The molecule has 0 spiro atoms. The average molecular weight is 439 g/mol. The second kappa shape index (κ2) is 7.44. The Labute approximate surface area is 158 Å². The summed E-state index contributed by atoms with van der Waals surface area (Å²) in [6, 6.07) is 7.69. The van der Waals surface area contributed by atoms with Crippen LogP contribution in [0.25, 0.3) is 0 Å². The number of carbonyl (C=O) groups is 1. The average Bonchev–Trinajstić information content (AvgIpc) is 3.25. The summed E-state index contributed by atoms with van der Waals surface area (Å²) >= 11 is 3.23. The standard InChI is InChI=1S/C16H15BrN4O4S/c1-11-4-5-14(26(23,24)19-9-13-3-2-6-25-13)7-15(11)16(22)20-21-10-12(17)8-18-21/h2-8,10,19H,9H2,1H3,(H,20,22). The summed E-state index contributed by atoms with van der Waals surface area (Å²) < 4.78 is 33.2. The van der Waals surface area contributed by atoms with Crippen molar-refractivity contribution in [3.63, 3.8) is 0 Å². The van der Waals surface area contributed by atoms with Gasteiger partial charge in [-0.2, -0.15) is 9.89 Å². The third kappa shape index (κ3) is 4.21. The molecule has 10 heteroatoms. The lowest BCUT2D eigenvalue weighted by Gasteiger charge is -2.11. The quantitative estimate of drug-likeness (QED) is 0.614. The number of halogens is 1. The first-order valence-electron chi connectivity index (χ1n) is 7.49. The molecule has 0 aliphatic heterocycles. The van der Waals surface area contributed by atoms with Gasteiger partial charge in [-0.15, -0.1) is 0 Å². The second-order valence-electron chi connectivity index (χ2n) is 5.42. The number of carbonyl (C=O) groups excluding carboxylic acids is 1. The minimum atomic E-state index is -3.80. The molecular weight excluding hydrogens is 424 g/mol. The van der Waals surface area contributed by atoms with Crippen LogP contribution in [0, 0.1) is 6.92 Å². The number of hydrogen-bond donors (Lipinski definition) is 2. The van der Waals surface area contributed by atoms with E-state index < -0.39 is 15.9 Å². The lowest BCUT2D eigenvalue weighted by molar-refractivity contribution is 0.100. The van der Waals surface area contributed by atoms with E-state index in [9.17, 15) is 13.2 Å². The largest absolute Gasteiger partial charge is 0.468 e. The van der Waals surface area contributed by atoms with Gasteiger partial charge in [0.1, 0.15) is 5.76 Å². The van der Waals surface area contributed by atoms with E-state index in [4.69, 9.17) is 4.42 Å². The highest BCUT2D eigenvalue weighted by molar-refractivity contribution is 9.10. The number of rotatable bonds is 6. The molecule has 0 aliphatic carbocycles. The molecular formula is C16H15BrN4O4S. The van der Waals surface area contributed by atoms with Crippen molar-refractivity contribution in [1.29, 1.82) is 0 Å². The summed E-state index contributed by atoms with van der Waals surface area (Å²) in [7, 11) is -3.80. The Balaban J connectivity index is 1.80. The van der Waals surface area contributed by atoms with Gasteiger partial charge in [-0.25, -0.2) is 18.6 Å². The Morgan fingerprint density at radius 3 is 2.81 bits per heavy atom. The van der Waals surface area contributed by atoms with Gasteiger partial charge in [0.2, 0.25) is 10.0 Å². The van der Waals surface area contributed by atoms with Crippen LogP contribution in [0.3, 0.4) is 0 Å². The number of furan rings is 1. The highest BCUT2D eigenvalue weighted by atomic mass is 79.9. The van der Waals surface area contributed by atoms with Gasteiger partial charge in [-0.1, -0.05) is 6.07 Å². The number of nitrogens with one attached hydrogen (secondary N) is 2. The SMILES string of the molecule is Cc1ccc(S(=O)(=O)NCc2ccco2)cc1C(=O)Nn1cc(Br)cn1. The van der Waals surface area contributed by atoms with Crippen molar-refractivity contribution in [3.8, 4) is 0 Å². The van der Waals surface area contributed by atoms with Crippen molar-refractivity contribution >= 4 is 31.9 Å². The number of sulfonamides is 1. The molecule has 0 bridgehead atoms. The van der Waals surface area contributed by atoms with E-state index >= 15 is 0 Å². The zero-order chi connectivity index (χ0) is 18.7. The second-order valence-corrected chi connectivity index (χ2v) is 8.11. The Morgan fingerprint density at radius 2 is 2.15 bits per heavy atom. The lowest BCUT2D eigenvalue weighted by Crippen LogP contribution is -2.26. The van der Waals surface area contributed by atoms with E-state index in [-0.39, 0.29) is 17.0 Å². The number of aromatic nitrogens is 2. The zero-order valence-corrected chi connectivity index (χ0v) is 16.0. The van der Waals surface area contributed by atoms with E-state index in [1.54, 1.807) is 31.3 Å². The number of amides is 1. The molecule has 136 valence electrons. The molecule has 2 N–H and O–H groups in total. The van der Waals surface area contributed by atoms with Gasteiger partial charge in [-0.05, 0) is 52.7 Å². The first-order chi connectivity index (χ1) is 12.3. The number of nitrogens with zero attached hydrogens (tertiary/aromatic N) is 2. The van der Waals surface area contributed by atoms with Crippen LogP contribution in [0.5, 0.6) is 0 Å². The van der Waals surface area contributed by atoms with Crippen molar-refractivity contribution in [2.24, 2.45) is 0 Å². The van der Waals surface area contributed by atoms with Crippen LogP contribution >= 0.6 is 15.9 Å². The first kappa shape index (κ1) is 18.4. The van der Waals surface area contributed by atoms with E-state index in [1.165, 1.54) is 29.4 Å². The van der Waals surface area contributed by atoms with Crippen LogP contribution in [-0.4, -0.2) is 24.2 Å². The van der Waals surface area contributed by atoms with Crippen LogP contribution in [0.1, 0.15) is 21.7 Å². The minimum Gasteiger partial charge on any atom is -0.468 e. The van der Waals surface area contributed by atoms with Crippen LogP contribution in [0.4, 0.5) is 0 Å². The van der Waals surface area contributed by atoms with Crippen molar-refractivity contribution < 1.29 is 17.6 Å². The smallest absolute Gasteiger partial charge is 0.271 e. The normalized spacial score (nSPS) is 11.5. The molecule has 0 saturated carbocycles. The molecule has 8 nitrogen and oxygen atoms in total. The molecule has 0 saturated heterocycles. The molecule has 0 unspecified atom stereocenters. The Hall–Kier alpha value is -2.43. The molecule has 1 aromatic carbocycles. The van der Waals surface area contributed by atoms with Crippen molar-refractivity contribution in [2.75, 3.05) is 5.43 Å². The summed E-state index contributed by atoms with van der Waals surface area (Å²) in [5.74, 6) is 0.0177. The van der Waals surface area contributed by atoms with Crippen LogP contribution in [0.15, 0.2) is 62.8 Å². The summed E-state index contributed by atoms with van der Waals surface area (Å²) in [5, 5.41) is 3.94. The summed E-state index contributed by atoms with van der Waals surface area (Å²) in [4.78, 5) is 13.7. The number of benzene rings is 1. The fraction of sp³-hybridized carbons (Fsp3) is 0.125. The third-order valence-electron chi connectivity index (χ3n) is 3.55. The molecule has 0 aliphatic rings. The molecule has 0 atom stereocenters. The van der Waals surface area contributed by atoms with Gasteiger partial charge < -0.3 is 4.42 Å². The van der Waals surface area contributed by atoms with E-state index in [1.807, 2.05) is 0 Å². The number of hydrogen-bond acceptors (Lipinski definition) is 5. The van der Waals surface area contributed by atoms with E-state index in [0.29, 0.717) is 15.8 Å². The summed E-state index contributed by atoms with van der Waals surface area (Å²) in [5.41, 5.74) is 3.43. The number of aryl methyl sites for hydroxylation is 1. The van der Waals surface area contributed by atoms with E-state index in [2.05, 4.69) is 31.2 Å². The monoisotopic (exact) mass is 438 g/mol. The maximum absolute atomic E-state index is 12.5. The predicted octanol–water partition coefficient (Wildman–Crippen LogP) is 2.41. The fourth-order valence-corrected chi connectivity index (χ4v) is 3.51. The van der Waals surface area contributed by atoms with Crippen molar-refractivity contribution in [1.82, 2.24) is 14.6 Å². The fourth-order valence-electron chi connectivity index (χ4n) is 2.20. The molecule has 0 radical (unpaired) electrons. The Morgan fingerprint density at radius 1 is 1.35 bits per heavy atom. The van der Waals surface area contributed by atoms with Gasteiger partial charge in [0, 0.05) is 5.56 Å². The Bertz CT molecular complexity index is 1030. The highest BCUT2D eigenvalue weighted by Gasteiger charge is 2.18. The predicted molar refractivity (Wildman–Crippen MR) is 97.5 cm³/mol. The maximum atomic E-state index is 12.5. The van der Waals surface area contributed by atoms with Gasteiger partial charge in [-0.3, -0.25) is 4.79 Å².